The topological polar surface area (TPSA) is 80.0 Å². The summed E-state index contributed by atoms with van der Waals surface area (Å²) in [6.07, 6.45) is 2.54. The molecule has 31 heavy (non-hydrogen) atoms. The SMILES string of the molecule is CCNC(=NCc1ccc(OCc2ccccc2)cc1)N1CCCC(CC(N)=O)C1.I. The van der Waals surface area contributed by atoms with E-state index in [1.54, 1.807) is 0 Å². The number of benzene rings is 2. The lowest BCUT2D eigenvalue weighted by Gasteiger charge is -2.34. The minimum absolute atomic E-state index is 0. The van der Waals surface area contributed by atoms with Crippen molar-refractivity contribution in [3.63, 3.8) is 0 Å². The summed E-state index contributed by atoms with van der Waals surface area (Å²) in [5, 5.41) is 3.38. The van der Waals surface area contributed by atoms with Gasteiger partial charge in [-0.1, -0.05) is 42.5 Å². The first-order valence-corrected chi connectivity index (χ1v) is 10.7. The van der Waals surface area contributed by atoms with E-state index in [0.717, 1.165) is 55.3 Å². The van der Waals surface area contributed by atoms with Crippen LogP contribution in [0.25, 0.3) is 0 Å². The lowest BCUT2D eigenvalue weighted by Crippen LogP contribution is -2.47. The third-order valence-corrected chi connectivity index (χ3v) is 5.23. The number of nitrogens with one attached hydrogen (secondary N) is 1. The second-order valence-electron chi connectivity index (χ2n) is 7.71. The number of carbonyl (C=O) groups is 1. The van der Waals surface area contributed by atoms with Crippen molar-refractivity contribution in [2.24, 2.45) is 16.6 Å². The van der Waals surface area contributed by atoms with Crippen LogP contribution in [0.15, 0.2) is 59.6 Å². The minimum Gasteiger partial charge on any atom is -0.489 e. The number of halogens is 1. The van der Waals surface area contributed by atoms with Crippen molar-refractivity contribution < 1.29 is 9.53 Å². The summed E-state index contributed by atoms with van der Waals surface area (Å²) in [6.45, 7) is 5.80. The van der Waals surface area contributed by atoms with E-state index in [1.807, 2.05) is 30.3 Å². The number of hydrogen-bond donors (Lipinski definition) is 2. The molecular formula is C24H33IN4O2. The van der Waals surface area contributed by atoms with Crippen molar-refractivity contribution >= 4 is 35.8 Å². The van der Waals surface area contributed by atoms with Crippen LogP contribution in [0.5, 0.6) is 5.75 Å². The van der Waals surface area contributed by atoms with Crippen molar-refractivity contribution in [1.82, 2.24) is 10.2 Å². The van der Waals surface area contributed by atoms with Crippen LogP contribution in [0.2, 0.25) is 0 Å². The Bertz CT molecular complexity index is 827. The Morgan fingerprint density at radius 2 is 1.90 bits per heavy atom. The summed E-state index contributed by atoms with van der Waals surface area (Å²) >= 11 is 0. The first-order valence-electron chi connectivity index (χ1n) is 10.7. The first kappa shape index (κ1) is 25.0. The number of amides is 1. The zero-order valence-corrected chi connectivity index (χ0v) is 20.5. The van der Waals surface area contributed by atoms with Gasteiger partial charge >= 0.3 is 0 Å². The predicted molar refractivity (Wildman–Crippen MR) is 136 cm³/mol. The molecule has 168 valence electrons. The summed E-state index contributed by atoms with van der Waals surface area (Å²) in [5.41, 5.74) is 7.67. The Morgan fingerprint density at radius 3 is 2.58 bits per heavy atom. The Labute approximate surface area is 202 Å². The van der Waals surface area contributed by atoms with Crippen molar-refractivity contribution in [2.75, 3.05) is 19.6 Å². The molecule has 2 aromatic rings. The molecule has 1 heterocycles. The van der Waals surface area contributed by atoms with Gasteiger partial charge < -0.3 is 20.7 Å². The van der Waals surface area contributed by atoms with E-state index in [1.165, 1.54) is 0 Å². The maximum Gasteiger partial charge on any atom is 0.217 e. The Balaban J connectivity index is 0.00000341. The van der Waals surface area contributed by atoms with E-state index in [4.69, 9.17) is 15.5 Å². The van der Waals surface area contributed by atoms with Gasteiger partial charge in [-0.15, -0.1) is 24.0 Å². The van der Waals surface area contributed by atoms with Gasteiger partial charge in [-0.3, -0.25) is 4.79 Å². The molecule has 0 aliphatic carbocycles. The van der Waals surface area contributed by atoms with Gasteiger partial charge in [0.2, 0.25) is 5.91 Å². The molecule has 0 spiro atoms. The van der Waals surface area contributed by atoms with E-state index in [2.05, 4.69) is 41.4 Å². The van der Waals surface area contributed by atoms with Crippen LogP contribution in [0, 0.1) is 5.92 Å². The highest BCUT2D eigenvalue weighted by atomic mass is 127. The van der Waals surface area contributed by atoms with Crippen LogP contribution >= 0.6 is 24.0 Å². The summed E-state index contributed by atoms with van der Waals surface area (Å²) < 4.78 is 5.86. The Morgan fingerprint density at radius 1 is 1.16 bits per heavy atom. The number of rotatable bonds is 8. The highest BCUT2D eigenvalue weighted by molar-refractivity contribution is 14.0. The molecule has 1 atom stereocenters. The van der Waals surface area contributed by atoms with Crippen molar-refractivity contribution in [3.8, 4) is 5.75 Å². The molecule has 1 unspecified atom stereocenters. The van der Waals surface area contributed by atoms with E-state index in [0.29, 0.717) is 25.5 Å². The average molecular weight is 536 g/mol. The number of carbonyl (C=O) groups excluding carboxylic acids is 1. The molecule has 1 fully saturated rings. The smallest absolute Gasteiger partial charge is 0.217 e. The molecular weight excluding hydrogens is 503 g/mol. The number of nitrogens with two attached hydrogens (primary N) is 1. The molecule has 0 bridgehead atoms. The molecule has 1 saturated heterocycles. The van der Waals surface area contributed by atoms with E-state index >= 15 is 0 Å². The van der Waals surface area contributed by atoms with Gasteiger partial charge in [0.05, 0.1) is 6.54 Å². The maximum absolute atomic E-state index is 11.3. The van der Waals surface area contributed by atoms with Crippen molar-refractivity contribution in [1.29, 1.82) is 0 Å². The van der Waals surface area contributed by atoms with Gasteiger partial charge in [0.15, 0.2) is 5.96 Å². The van der Waals surface area contributed by atoms with Crippen LogP contribution in [0.1, 0.15) is 37.3 Å². The van der Waals surface area contributed by atoms with E-state index in [-0.39, 0.29) is 29.9 Å². The van der Waals surface area contributed by atoms with Crippen molar-refractivity contribution in [3.05, 3.63) is 65.7 Å². The second kappa shape index (κ2) is 13.2. The molecule has 1 aliphatic rings. The number of nitrogens with zero attached hydrogens (tertiary/aromatic N) is 2. The normalized spacial score (nSPS) is 16.4. The minimum atomic E-state index is -0.224. The summed E-state index contributed by atoms with van der Waals surface area (Å²) in [4.78, 5) is 18.3. The fourth-order valence-electron chi connectivity index (χ4n) is 3.73. The third kappa shape index (κ3) is 8.40. The standard InChI is InChI=1S/C24H32N4O2.HI/c1-2-26-24(28-14-6-9-21(17-28)15-23(25)29)27-16-19-10-12-22(13-11-19)30-18-20-7-4-3-5-8-20;/h3-5,7-8,10-13,21H,2,6,9,14-18H2,1H3,(H2,25,29)(H,26,27);1H. The molecule has 2 aromatic carbocycles. The largest absolute Gasteiger partial charge is 0.489 e. The average Bonchev–Trinajstić information content (AvgIpc) is 2.76. The first-order chi connectivity index (χ1) is 14.6. The van der Waals surface area contributed by atoms with Crippen LogP contribution in [0.3, 0.4) is 0 Å². The Kier molecular flexibility index (Phi) is 10.6. The molecule has 0 aromatic heterocycles. The molecule has 0 saturated carbocycles. The number of hydrogen-bond acceptors (Lipinski definition) is 3. The lowest BCUT2D eigenvalue weighted by molar-refractivity contribution is -0.119. The highest BCUT2D eigenvalue weighted by Gasteiger charge is 2.23. The summed E-state index contributed by atoms with van der Waals surface area (Å²) in [6, 6.07) is 18.2. The summed E-state index contributed by atoms with van der Waals surface area (Å²) in [5.74, 6) is 1.83. The zero-order valence-electron chi connectivity index (χ0n) is 18.1. The number of aliphatic imine (C=N–C) groups is 1. The number of ether oxygens (including phenoxy) is 1. The second-order valence-corrected chi connectivity index (χ2v) is 7.71. The van der Waals surface area contributed by atoms with Crippen LogP contribution in [-0.2, 0) is 17.9 Å². The third-order valence-electron chi connectivity index (χ3n) is 5.23. The number of primary amides is 1. The molecule has 3 rings (SSSR count). The number of guanidine groups is 1. The van der Waals surface area contributed by atoms with Gasteiger partial charge in [0.25, 0.3) is 0 Å². The quantitative estimate of drug-likeness (QED) is 0.305. The monoisotopic (exact) mass is 536 g/mol. The predicted octanol–water partition coefficient (Wildman–Crippen LogP) is 3.94. The lowest BCUT2D eigenvalue weighted by atomic mass is 9.95. The van der Waals surface area contributed by atoms with E-state index in [9.17, 15) is 4.79 Å². The molecule has 1 amide bonds. The fraction of sp³-hybridized carbons (Fsp3) is 0.417. The van der Waals surface area contributed by atoms with Crippen LogP contribution < -0.4 is 15.8 Å². The maximum atomic E-state index is 11.3. The van der Waals surface area contributed by atoms with Crippen LogP contribution in [0.4, 0.5) is 0 Å². The van der Waals surface area contributed by atoms with Gasteiger partial charge in [-0.05, 0) is 48.9 Å². The summed E-state index contributed by atoms with van der Waals surface area (Å²) in [7, 11) is 0. The number of piperidine rings is 1. The molecule has 7 heteroatoms. The molecule has 6 nitrogen and oxygen atoms in total. The number of likely N-dealkylation sites (tertiary alicyclic amines) is 1. The van der Waals surface area contributed by atoms with Gasteiger partial charge in [0, 0.05) is 26.1 Å². The van der Waals surface area contributed by atoms with Gasteiger partial charge in [-0.25, -0.2) is 4.99 Å². The fourth-order valence-corrected chi connectivity index (χ4v) is 3.73. The van der Waals surface area contributed by atoms with Crippen molar-refractivity contribution in [2.45, 2.75) is 39.3 Å². The Hall–Kier alpha value is -2.29. The molecule has 3 N–H and O–H groups in total. The highest BCUT2D eigenvalue weighted by Crippen LogP contribution is 2.20. The van der Waals surface area contributed by atoms with Gasteiger partial charge in [0.1, 0.15) is 12.4 Å². The van der Waals surface area contributed by atoms with Gasteiger partial charge in [-0.2, -0.15) is 0 Å². The molecule has 1 aliphatic heterocycles. The molecule has 0 radical (unpaired) electrons. The van der Waals surface area contributed by atoms with E-state index < -0.39 is 0 Å². The zero-order chi connectivity index (χ0) is 21.2. The van der Waals surface area contributed by atoms with Crippen LogP contribution in [-0.4, -0.2) is 36.4 Å².